The summed E-state index contributed by atoms with van der Waals surface area (Å²) in [7, 11) is -1.12. The van der Waals surface area contributed by atoms with Crippen LogP contribution in [-0.2, 0) is 19.6 Å². The average molecular weight is 313 g/mol. The first kappa shape index (κ1) is 15.3. The third kappa shape index (κ3) is 3.14. The van der Waals surface area contributed by atoms with Gasteiger partial charge in [0.05, 0.1) is 29.5 Å². The molecule has 1 heterocycles. The molecule has 0 atom stereocenters. The molecule has 2 N–H and O–H groups in total. The highest BCUT2D eigenvalue weighted by molar-refractivity contribution is 7.89. The molecule has 0 aliphatic rings. The largest absolute Gasteiger partial charge is 0.469 e. The minimum atomic E-state index is -3.74. The number of methoxy groups -OCH3 is 1. The molecule has 8 nitrogen and oxygen atoms in total. The Labute approximate surface area is 120 Å². The van der Waals surface area contributed by atoms with Gasteiger partial charge in [-0.1, -0.05) is 0 Å². The van der Waals surface area contributed by atoms with Crippen LogP contribution in [-0.4, -0.2) is 49.4 Å². The molecule has 21 heavy (non-hydrogen) atoms. The molecule has 0 unspecified atom stereocenters. The molecule has 0 aliphatic heterocycles. The number of esters is 1. The summed E-state index contributed by atoms with van der Waals surface area (Å²) in [4.78, 5) is 27.3. The number of nitrogens with zero attached hydrogens (tertiary/aromatic N) is 1. The van der Waals surface area contributed by atoms with E-state index >= 15 is 0 Å². The molecule has 0 spiro atoms. The van der Waals surface area contributed by atoms with Crippen molar-refractivity contribution in [1.82, 2.24) is 14.3 Å². The van der Waals surface area contributed by atoms with Crippen molar-refractivity contribution in [2.75, 3.05) is 20.7 Å². The van der Waals surface area contributed by atoms with E-state index in [1.54, 1.807) is 0 Å². The lowest BCUT2D eigenvalue weighted by Crippen LogP contribution is -2.29. The van der Waals surface area contributed by atoms with Crippen LogP contribution in [0, 0.1) is 0 Å². The fourth-order valence-electron chi connectivity index (χ4n) is 1.82. The molecule has 2 aromatic rings. The Hall–Kier alpha value is -2.13. The van der Waals surface area contributed by atoms with Crippen LogP contribution in [0.4, 0.5) is 0 Å². The summed E-state index contributed by atoms with van der Waals surface area (Å²) in [5.74, 6) is -0.484. The molecular formula is C12H15N3O5S. The van der Waals surface area contributed by atoms with Crippen molar-refractivity contribution < 1.29 is 17.9 Å². The molecule has 0 saturated heterocycles. The molecule has 114 valence electrons. The Bertz CT molecular complexity index is 821. The topological polar surface area (TPSA) is 112 Å². The summed E-state index contributed by atoms with van der Waals surface area (Å²) in [5, 5.41) is 0. The van der Waals surface area contributed by atoms with Crippen LogP contribution in [0.2, 0.25) is 0 Å². The van der Waals surface area contributed by atoms with Crippen molar-refractivity contribution >= 4 is 27.0 Å². The number of aromatic nitrogens is 2. The first-order valence-electron chi connectivity index (χ1n) is 6.10. The van der Waals surface area contributed by atoms with Crippen LogP contribution >= 0.6 is 0 Å². The van der Waals surface area contributed by atoms with Crippen molar-refractivity contribution in [1.29, 1.82) is 0 Å². The Morgan fingerprint density at radius 3 is 2.62 bits per heavy atom. The molecule has 1 aromatic carbocycles. The average Bonchev–Trinajstić information content (AvgIpc) is 2.83. The highest BCUT2D eigenvalue weighted by Crippen LogP contribution is 2.18. The molecule has 0 amide bonds. The number of ether oxygens (including phenoxy) is 1. The second kappa shape index (κ2) is 5.70. The predicted octanol–water partition coefficient (Wildman–Crippen LogP) is 0.0398. The smallest absolute Gasteiger partial charge is 0.323 e. The van der Waals surface area contributed by atoms with Crippen molar-refractivity contribution in [3.63, 3.8) is 0 Å². The quantitative estimate of drug-likeness (QED) is 0.757. The minimum Gasteiger partial charge on any atom is -0.469 e. The van der Waals surface area contributed by atoms with Gasteiger partial charge in [-0.2, -0.15) is 0 Å². The fourth-order valence-corrected chi connectivity index (χ4v) is 3.02. The van der Waals surface area contributed by atoms with Crippen molar-refractivity contribution in [3.8, 4) is 0 Å². The first-order valence-corrected chi connectivity index (χ1v) is 7.54. The van der Waals surface area contributed by atoms with Gasteiger partial charge < -0.3 is 14.7 Å². The van der Waals surface area contributed by atoms with Gasteiger partial charge in [0.1, 0.15) is 0 Å². The second-order valence-corrected chi connectivity index (χ2v) is 6.48. The fraction of sp³-hybridized carbons (Fsp3) is 0.333. The monoisotopic (exact) mass is 313 g/mol. The summed E-state index contributed by atoms with van der Waals surface area (Å²) in [6.07, 6.45) is -0.0323. The lowest BCUT2D eigenvalue weighted by atomic mass is 10.3. The van der Waals surface area contributed by atoms with Crippen LogP contribution in [0.5, 0.6) is 0 Å². The number of H-pyrrole nitrogens is 2. The van der Waals surface area contributed by atoms with Crippen LogP contribution in [0.25, 0.3) is 11.0 Å². The second-order valence-electron chi connectivity index (χ2n) is 4.44. The van der Waals surface area contributed by atoms with Crippen LogP contribution in [0.3, 0.4) is 0 Å². The van der Waals surface area contributed by atoms with E-state index < -0.39 is 21.7 Å². The summed E-state index contributed by atoms with van der Waals surface area (Å²) in [6.45, 7) is 0.0106. The molecule has 0 fully saturated rings. The summed E-state index contributed by atoms with van der Waals surface area (Å²) in [5.41, 5.74) is 0.525. The maximum Gasteiger partial charge on any atom is 0.323 e. The van der Waals surface area contributed by atoms with E-state index in [2.05, 4.69) is 14.7 Å². The van der Waals surface area contributed by atoms with Gasteiger partial charge >= 0.3 is 11.7 Å². The van der Waals surface area contributed by atoms with Gasteiger partial charge in [0, 0.05) is 13.6 Å². The first-order chi connectivity index (χ1) is 9.84. The SMILES string of the molecule is COC(=O)CCN(C)S(=O)(=O)c1ccc2[nH]c(=O)[nH]c2c1. The van der Waals surface area contributed by atoms with Gasteiger partial charge in [-0.15, -0.1) is 0 Å². The maximum absolute atomic E-state index is 12.4. The van der Waals surface area contributed by atoms with Crippen LogP contribution in [0.1, 0.15) is 6.42 Å². The number of carbonyl (C=O) groups excluding carboxylic acids is 1. The van der Waals surface area contributed by atoms with E-state index in [0.29, 0.717) is 11.0 Å². The zero-order valence-electron chi connectivity index (χ0n) is 11.5. The van der Waals surface area contributed by atoms with Gasteiger partial charge in [-0.05, 0) is 18.2 Å². The van der Waals surface area contributed by atoms with Gasteiger partial charge in [-0.3, -0.25) is 4.79 Å². The molecule has 1 aromatic heterocycles. The molecular weight excluding hydrogens is 298 g/mol. The number of hydrogen-bond donors (Lipinski definition) is 2. The number of sulfonamides is 1. The number of benzene rings is 1. The number of nitrogens with one attached hydrogen (secondary N) is 2. The van der Waals surface area contributed by atoms with Crippen molar-refractivity contribution in [2.45, 2.75) is 11.3 Å². The molecule has 0 saturated carbocycles. The number of hydrogen-bond acceptors (Lipinski definition) is 5. The number of rotatable bonds is 5. The molecule has 2 rings (SSSR count). The van der Waals surface area contributed by atoms with E-state index in [1.807, 2.05) is 0 Å². The lowest BCUT2D eigenvalue weighted by Gasteiger charge is -2.16. The Morgan fingerprint density at radius 1 is 1.29 bits per heavy atom. The van der Waals surface area contributed by atoms with E-state index in [4.69, 9.17) is 0 Å². The Morgan fingerprint density at radius 2 is 1.95 bits per heavy atom. The van der Waals surface area contributed by atoms with Gasteiger partial charge in [0.15, 0.2) is 0 Å². The zero-order chi connectivity index (χ0) is 15.6. The molecule has 0 bridgehead atoms. The predicted molar refractivity (Wildman–Crippen MR) is 75.4 cm³/mol. The standard InChI is InChI=1S/C12H15N3O5S/c1-15(6-5-11(16)20-2)21(18,19)8-3-4-9-10(7-8)14-12(17)13-9/h3-4,7H,5-6H2,1-2H3,(H2,13,14,17). The number of aromatic amines is 2. The normalized spacial score (nSPS) is 12.0. The van der Waals surface area contributed by atoms with Gasteiger partial charge in [0.2, 0.25) is 10.0 Å². The van der Waals surface area contributed by atoms with Crippen LogP contribution < -0.4 is 5.69 Å². The molecule has 9 heteroatoms. The van der Waals surface area contributed by atoms with E-state index in [-0.39, 0.29) is 17.9 Å². The number of fused-ring (bicyclic) bond motifs is 1. The highest BCUT2D eigenvalue weighted by atomic mass is 32.2. The summed E-state index contributed by atoms with van der Waals surface area (Å²) < 4.78 is 30.3. The molecule has 0 radical (unpaired) electrons. The summed E-state index contributed by atoms with van der Waals surface area (Å²) >= 11 is 0. The van der Waals surface area contributed by atoms with E-state index in [9.17, 15) is 18.0 Å². The third-order valence-electron chi connectivity index (χ3n) is 3.05. The van der Waals surface area contributed by atoms with Gasteiger partial charge in [0.25, 0.3) is 0 Å². The molecule has 0 aliphatic carbocycles. The Kier molecular flexibility index (Phi) is 4.14. The highest BCUT2D eigenvalue weighted by Gasteiger charge is 2.22. The van der Waals surface area contributed by atoms with Crippen molar-refractivity contribution in [3.05, 3.63) is 28.7 Å². The van der Waals surface area contributed by atoms with Crippen molar-refractivity contribution in [2.24, 2.45) is 0 Å². The third-order valence-corrected chi connectivity index (χ3v) is 4.91. The van der Waals surface area contributed by atoms with Gasteiger partial charge in [-0.25, -0.2) is 17.5 Å². The van der Waals surface area contributed by atoms with E-state index in [0.717, 1.165) is 4.31 Å². The van der Waals surface area contributed by atoms with Crippen LogP contribution in [0.15, 0.2) is 27.9 Å². The zero-order valence-corrected chi connectivity index (χ0v) is 12.4. The Balaban J connectivity index is 2.27. The summed E-state index contributed by atoms with van der Waals surface area (Å²) in [6, 6.07) is 4.28. The maximum atomic E-state index is 12.4. The number of imidazole rings is 1. The number of carbonyl (C=O) groups is 1. The lowest BCUT2D eigenvalue weighted by molar-refractivity contribution is -0.140. The van der Waals surface area contributed by atoms with E-state index in [1.165, 1.54) is 32.4 Å². The minimum absolute atomic E-state index is 0.0106.